The number of rotatable bonds is 9. The van der Waals surface area contributed by atoms with Crippen molar-refractivity contribution in [3.05, 3.63) is 54.1 Å². The number of amides is 2. The third-order valence-corrected chi connectivity index (χ3v) is 3.98. The number of aromatic amines is 1. The number of carbonyl (C=O) groups excluding carboxylic acids is 2. The number of hydrogen-bond acceptors (Lipinski definition) is 5. The highest BCUT2D eigenvalue weighted by molar-refractivity contribution is 5.91. The Bertz CT molecular complexity index is 763. The van der Waals surface area contributed by atoms with Crippen molar-refractivity contribution < 1.29 is 19.5 Å². The van der Waals surface area contributed by atoms with E-state index in [1.165, 1.54) is 19.4 Å². The first-order valence-corrected chi connectivity index (χ1v) is 8.47. The number of carbonyl (C=O) groups is 3. The summed E-state index contributed by atoms with van der Waals surface area (Å²) in [6.07, 6.45) is 3.42. The average molecular weight is 373 g/mol. The number of carboxylic acids is 1. The largest absolute Gasteiger partial charge is 0.480 e. The minimum atomic E-state index is -1.17. The van der Waals surface area contributed by atoms with Gasteiger partial charge in [0.05, 0.1) is 12.4 Å². The molecule has 0 aliphatic carbocycles. The number of benzene rings is 1. The number of nitrogens with zero attached hydrogens (tertiary/aromatic N) is 1. The van der Waals surface area contributed by atoms with Crippen molar-refractivity contribution in [3.63, 3.8) is 0 Å². The van der Waals surface area contributed by atoms with Crippen LogP contribution >= 0.6 is 0 Å². The highest BCUT2D eigenvalue weighted by Gasteiger charge is 2.27. The van der Waals surface area contributed by atoms with Gasteiger partial charge in [0, 0.05) is 18.3 Å². The minimum Gasteiger partial charge on any atom is -0.480 e. The molecule has 0 aliphatic heterocycles. The molecule has 6 N–H and O–H groups in total. The van der Waals surface area contributed by atoms with Crippen molar-refractivity contribution in [2.24, 2.45) is 5.73 Å². The smallest absolute Gasteiger partial charge is 0.325 e. The molecular formula is C18H23N5O4. The van der Waals surface area contributed by atoms with Crippen molar-refractivity contribution in [3.8, 4) is 0 Å². The number of aliphatic carboxylic acids is 1. The number of aromatic nitrogens is 2. The van der Waals surface area contributed by atoms with Gasteiger partial charge in [0.25, 0.3) is 0 Å². The predicted molar refractivity (Wildman–Crippen MR) is 97.6 cm³/mol. The molecule has 1 aromatic heterocycles. The topological polar surface area (TPSA) is 150 Å². The molecule has 0 spiro atoms. The quantitative estimate of drug-likeness (QED) is 0.403. The lowest BCUT2D eigenvalue weighted by Crippen LogP contribution is -2.55. The Morgan fingerprint density at radius 3 is 2.44 bits per heavy atom. The molecule has 1 heterocycles. The van der Waals surface area contributed by atoms with Crippen molar-refractivity contribution in [2.45, 2.75) is 37.9 Å². The Hall–Kier alpha value is -3.20. The van der Waals surface area contributed by atoms with E-state index in [1.54, 1.807) is 0 Å². The van der Waals surface area contributed by atoms with Crippen LogP contribution in [0.1, 0.15) is 18.2 Å². The summed E-state index contributed by atoms with van der Waals surface area (Å²) in [6, 6.07) is 6.36. The Morgan fingerprint density at radius 2 is 1.85 bits per heavy atom. The van der Waals surface area contributed by atoms with Crippen molar-refractivity contribution in [2.75, 3.05) is 0 Å². The zero-order valence-corrected chi connectivity index (χ0v) is 14.9. The normalized spacial score (nSPS) is 14.0. The Balaban J connectivity index is 2.04. The molecule has 3 atom stereocenters. The average Bonchev–Trinajstić information content (AvgIpc) is 3.14. The van der Waals surface area contributed by atoms with Crippen LogP contribution in [0.3, 0.4) is 0 Å². The van der Waals surface area contributed by atoms with E-state index in [0.717, 1.165) is 5.56 Å². The van der Waals surface area contributed by atoms with E-state index in [-0.39, 0.29) is 6.42 Å². The van der Waals surface area contributed by atoms with Gasteiger partial charge in [0.1, 0.15) is 12.1 Å². The fraction of sp³-hybridized carbons (Fsp3) is 0.333. The second-order valence-corrected chi connectivity index (χ2v) is 6.21. The first-order chi connectivity index (χ1) is 12.9. The van der Waals surface area contributed by atoms with Gasteiger partial charge in [-0.25, -0.2) is 4.98 Å². The molecule has 0 saturated carbocycles. The SMILES string of the molecule is C[C@H](NC(=O)[C@H](Cc1cnc[nH]1)NC(=O)[C@@H](N)Cc1ccccc1)C(=O)O. The van der Waals surface area contributed by atoms with E-state index in [2.05, 4.69) is 20.6 Å². The first-order valence-electron chi connectivity index (χ1n) is 8.47. The molecule has 1 aromatic carbocycles. The van der Waals surface area contributed by atoms with Crippen LogP contribution in [0, 0.1) is 0 Å². The molecule has 0 aliphatic rings. The molecule has 2 amide bonds. The molecule has 0 fully saturated rings. The van der Waals surface area contributed by atoms with Gasteiger partial charge >= 0.3 is 5.97 Å². The van der Waals surface area contributed by atoms with Crippen LogP contribution in [0.4, 0.5) is 0 Å². The molecule has 2 rings (SSSR count). The molecule has 144 valence electrons. The van der Waals surface area contributed by atoms with Gasteiger partial charge in [-0.3, -0.25) is 14.4 Å². The molecular weight excluding hydrogens is 350 g/mol. The lowest BCUT2D eigenvalue weighted by molar-refractivity contribution is -0.141. The van der Waals surface area contributed by atoms with E-state index in [0.29, 0.717) is 12.1 Å². The van der Waals surface area contributed by atoms with E-state index in [9.17, 15) is 14.4 Å². The number of H-pyrrole nitrogens is 1. The van der Waals surface area contributed by atoms with E-state index in [4.69, 9.17) is 10.8 Å². The second kappa shape index (κ2) is 9.48. The van der Waals surface area contributed by atoms with E-state index >= 15 is 0 Å². The fourth-order valence-electron chi connectivity index (χ4n) is 2.44. The van der Waals surface area contributed by atoms with Crippen LogP contribution in [0.15, 0.2) is 42.9 Å². The number of nitrogens with two attached hydrogens (primary N) is 1. The fourth-order valence-corrected chi connectivity index (χ4v) is 2.44. The van der Waals surface area contributed by atoms with Crippen LogP contribution in [0.2, 0.25) is 0 Å². The molecule has 0 unspecified atom stereocenters. The maximum Gasteiger partial charge on any atom is 0.325 e. The zero-order chi connectivity index (χ0) is 19.8. The monoisotopic (exact) mass is 373 g/mol. The van der Waals surface area contributed by atoms with E-state index in [1.807, 2.05) is 30.3 Å². The third-order valence-electron chi connectivity index (χ3n) is 3.98. The summed E-state index contributed by atoms with van der Waals surface area (Å²) in [4.78, 5) is 42.6. The summed E-state index contributed by atoms with van der Waals surface area (Å²) in [5.74, 6) is -2.28. The number of nitrogens with one attached hydrogen (secondary N) is 3. The Morgan fingerprint density at radius 1 is 1.15 bits per heavy atom. The van der Waals surface area contributed by atoms with Gasteiger partial charge in [-0.15, -0.1) is 0 Å². The molecule has 2 aromatic rings. The Labute approximate surface area is 156 Å². The highest BCUT2D eigenvalue weighted by atomic mass is 16.4. The molecule has 9 nitrogen and oxygen atoms in total. The van der Waals surface area contributed by atoms with Crippen LogP contribution in [-0.4, -0.2) is 51.0 Å². The van der Waals surface area contributed by atoms with Crippen molar-refractivity contribution in [1.29, 1.82) is 0 Å². The zero-order valence-electron chi connectivity index (χ0n) is 14.9. The summed E-state index contributed by atoms with van der Waals surface area (Å²) in [7, 11) is 0. The summed E-state index contributed by atoms with van der Waals surface area (Å²) in [6.45, 7) is 1.34. The van der Waals surface area contributed by atoms with Gasteiger partial charge in [-0.2, -0.15) is 0 Å². The summed E-state index contributed by atoms with van der Waals surface area (Å²) < 4.78 is 0. The van der Waals surface area contributed by atoms with Crippen LogP contribution in [-0.2, 0) is 27.2 Å². The first kappa shape index (κ1) is 20.1. The van der Waals surface area contributed by atoms with Gasteiger partial charge < -0.3 is 26.5 Å². The number of imidazole rings is 1. The summed E-state index contributed by atoms with van der Waals surface area (Å²) >= 11 is 0. The number of hydrogen-bond donors (Lipinski definition) is 5. The van der Waals surface area contributed by atoms with Gasteiger partial charge in [0.2, 0.25) is 11.8 Å². The summed E-state index contributed by atoms with van der Waals surface area (Å²) in [5.41, 5.74) is 7.48. The molecule has 0 radical (unpaired) electrons. The number of carboxylic acid groups (broad SMARTS) is 1. The summed E-state index contributed by atoms with van der Waals surface area (Å²) in [5, 5.41) is 13.9. The highest BCUT2D eigenvalue weighted by Crippen LogP contribution is 2.04. The van der Waals surface area contributed by atoms with Crippen LogP contribution in [0.5, 0.6) is 0 Å². The van der Waals surface area contributed by atoms with Crippen LogP contribution < -0.4 is 16.4 Å². The second-order valence-electron chi connectivity index (χ2n) is 6.21. The lowest BCUT2D eigenvalue weighted by atomic mass is 10.0. The maximum atomic E-state index is 12.5. The van der Waals surface area contributed by atoms with Crippen molar-refractivity contribution in [1.82, 2.24) is 20.6 Å². The van der Waals surface area contributed by atoms with Crippen LogP contribution in [0.25, 0.3) is 0 Å². The minimum absolute atomic E-state index is 0.127. The predicted octanol–water partition coefficient (Wildman–Crippen LogP) is -0.404. The molecule has 27 heavy (non-hydrogen) atoms. The third kappa shape index (κ3) is 6.23. The van der Waals surface area contributed by atoms with Gasteiger partial charge in [-0.1, -0.05) is 30.3 Å². The standard InChI is InChI=1S/C18H23N5O4/c1-11(18(26)27)22-17(25)15(8-13-9-20-10-21-13)23-16(24)14(19)7-12-5-3-2-4-6-12/h2-6,9-11,14-15H,7-8,19H2,1H3,(H,20,21)(H,22,25)(H,23,24)(H,26,27)/t11-,14-,15-/m0/s1. The van der Waals surface area contributed by atoms with E-state index < -0.39 is 35.9 Å². The Kier molecular flexibility index (Phi) is 7.07. The van der Waals surface area contributed by atoms with Crippen molar-refractivity contribution >= 4 is 17.8 Å². The molecule has 9 heteroatoms. The molecule has 0 saturated heterocycles. The lowest BCUT2D eigenvalue weighted by Gasteiger charge is -2.21. The van der Waals surface area contributed by atoms with Gasteiger partial charge in [-0.05, 0) is 18.9 Å². The van der Waals surface area contributed by atoms with Gasteiger partial charge in [0.15, 0.2) is 0 Å². The maximum absolute atomic E-state index is 12.5. The molecule has 0 bridgehead atoms.